The van der Waals surface area contributed by atoms with Crippen LogP contribution in [-0.4, -0.2) is 55.5 Å². The Bertz CT molecular complexity index is 531. The molecule has 0 unspecified atom stereocenters. The number of nitrogens with zero attached hydrogens (tertiary/aromatic N) is 2. The lowest BCUT2D eigenvalue weighted by Crippen LogP contribution is -2.48. The van der Waals surface area contributed by atoms with Crippen molar-refractivity contribution in [2.75, 3.05) is 39.8 Å². The first kappa shape index (κ1) is 17.8. The van der Waals surface area contributed by atoms with Crippen molar-refractivity contribution in [1.29, 1.82) is 0 Å². The highest BCUT2D eigenvalue weighted by Crippen LogP contribution is 2.27. The largest absolute Gasteiger partial charge is 0.359 e. The fraction of sp³-hybridized carbons (Fsp3) is 0.588. The minimum Gasteiger partial charge on any atom is -0.359 e. The third-order valence-corrected chi connectivity index (χ3v) is 4.49. The molecule has 1 aromatic carbocycles. The smallest absolute Gasteiger partial charge is 0.221 e. The van der Waals surface area contributed by atoms with E-state index in [2.05, 4.69) is 15.1 Å². The summed E-state index contributed by atoms with van der Waals surface area (Å²) in [5.74, 6) is -0.966. The van der Waals surface area contributed by atoms with Gasteiger partial charge in [0.25, 0.3) is 0 Å². The molecule has 0 aliphatic carbocycles. The molecule has 0 saturated carbocycles. The van der Waals surface area contributed by atoms with Gasteiger partial charge in [0.1, 0.15) is 11.6 Å². The minimum atomic E-state index is -0.542. The Hall–Kier alpha value is -1.53. The molecule has 1 fully saturated rings. The molecule has 0 radical (unpaired) electrons. The first-order valence-electron chi connectivity index (χ1n) is 8.17. The predicted octanol–water partition coefficient (Wildman–Crippen LogP) is 2.17. The van der Waals surface area contributed by atoms with Crippen LogP contribution in [0.1, 0.15) is 31.4 Å². The number of piperazine rings is 1. The van der Waals surface area contributed by atoms with E-state index in [1.54, 1.807) is 13.1 Å². The molecule has 0 aromatic heterocycles. The van der Waals surface area contributed by atoms with E-state index in [0.717, 1.165) is 45.2 Å². The molecule has 1 aliphatic heterocycles. The summed E-state index contributed by atoms with van der Waals surface area (Å²) >= 11 is 0. The average Bonchev–Trinajstić information content (AvgIpc) is 2.56. The third-order valence-electron chi connectivity index (χ3n) is 4.49. The van der Waals surface area contributed by atoms with Crippen molar-refractivity contribution < 1.29 is 13.6 Å². The van der Waals surface area contributed by atoms with Crippen LogP contribution in [-0.2, 0) is 4.79 Å². The molecule has 1 amide bonds. The maximum atomic E-state index is 14.0. The highest BCUT2D eigenvalue weighted by atomic mass is 19.1. The van der Waals surface area contributed by atoms with Gasteiger partial charge in [0.15, 0.2) is 0 Å². The fourth-order valence-corrected chi connectivity index (χ4v) is 3.13. The second kappa shape index (κ2) is 8.36. The van der Waals surface area contributed by atoms with Gasteiger partial charge in [-0.3, -0.25) is 9.69 Å². The molecule has 6 heteroatoms. The Morgan fingerprint density at radius 1 is 1.26 bits per heavy atom. The van der Waals surface area contributed by atoms with E-state index >= 15 is 0 Å². The van der Waals surface area contributed by atoms with E-state index in [4.69, 9.17) is 0 Å². The van der Waals surface area contributed by atoms with Crippen LogP contribution in [0, 0.1) is 11.6 Å². The summed E-state index contributed by atoms with van der Waals surface area (Å²) in [4.78, 5) is 15.8. The summed E-state index contributed by atoms with van der Waals surface area (Å²) in [7, 11) is 1.64. The van der Waals surface area contributed by atoms with Crippen LogP contribution < -0.4 is 5.32 Å². The molecule has 1 aromatic rings. The van der Waals surface area contributed by atoms with Gasteiger partial charge < -0.3 is 10.2 Å². The fourth-order valence-electron chi connectivity index (χ4n) is 3.13. The molecule has 128 valence electrons. The zero-order valence-corrected chi connectivity index (χ0v) is 13.8. The lowest BCUT2D eigenvalue weighted by atomic mass is 10.0. The minimum absolute atomic E-state index is 0.0308. The van der Waals surface area contributed by atoms with Gasteiger partial charge in [-0.05, 0) is 12.5 Å². The van der Waals surface area contributed by atoms with Crippen LogP contribution in [0.4, 0.5) is 8.78 Å². The van der Waals surface area contributed by atoms with Crippen LogP contribution in [0.3, 0.4) is 0 Å². The van der Waals surface area contributed by atoms with E-state index in [-0.39, 0.29) is 11.9 Å². The number of nitrogens with one attached hydrogen (secondary N) is 1. The normalized spacial score (nSPS) is 17.9. The van der Waals surface area contributed by atoms with Gasteiger partial charge in [-0.25, -0.2) is 8.78 Å². The van der Waals surface area contributed by atoms with Crippen LogP contribution in [0.15, 0.2) is 18.2 Å². The lowest BCUT2D eigenvalue weighted by molar-refractivity contribution is -0.121. The van der Waals surface area contributed by atoms with E-state index < -0.39 is 11.6 Å². The summed E-state index contributed by atoms with van der Waals surface area (Å²) < 4.78 is 27.1. The predicted molar refractivity (Wildman–Crippen MR) is 86.1 cm³/mol. The van der Waals surface area contributed by atoms with Crippen molar-refractivity contribution in [2.45, 2.75) is 25.8 Å². The quantitative estimate of drug-likeness (QED) is 0.871. The van der Waals surface area contributed by atoms with Crippen LogP contribution >= 0.6 is 0 Å². The molecule has 0 bridgehead atoms. The Kier molecular flexibility index (Phi) is 6.47. The Morgan fingerprint density at radius 3 is 2.52 bits per heavy atom. The topological polar surface area (TPSA) is 35.6 Å². The molecular weight excluding hydrogens is 300 g/mol. The number of carbonyl (C=O) groups excluding carboxylic acids is 1. The Balaban J connectivity index is 1.93. The standard InChI is InChI=1S/C17H25F2N3O/c1-3-16(14-5-4-13(18)12-15(14)19)22-10-8-21(9-11-22)7-6-17(23)20-2/h4-5,12,16H,3,6-11H2,1-2H3,(H,20,23)/t16-/m0/s1. The lowest BCUT2D eigenvalue weighted by Gasteiger charge is -2.39. The van der Waals surface area contributed by atoms with E-state index in [0.29, 0.717) is 12.0 Å². The maximum Gasteiger partial charge on any atom is 0.221 e. The second-order valence-electron chi connectivity index (χ2n) is 5.89. The molecule has 1 heterocycles. The number of benzene rings is 1. The first-order chi connectivity index (χ1) is 11.0. The van der Waals surface area contributed by atoms with Crippen LogP contribution in [0.25, 0.3) is 0 Å². The molecule has 1 N–H and O–H groups in total. The maximum absolute atomic E-state index is 14.0. The molecule has 4 nitrogen and oxygen atoms in total. The molecule has 2 rings (SSSR count). The Labute approximate surface area is 136 Å². The number of hydrogen-bond donors (Lipinski definition) is 1. The van der Waals surface area contributed by atoms with Crippen molar-refractivity contribution in [2.24, 2.45) is 0 Å². The van der Waals surface area contributed by atoms with Crippen molar-refractivity contribution in [3.05, 3.63) is 35.4 Å². The highest BCUT2D eigenvalue weighted by Gasteiger charge is 2.26. The second-order valence-corrected chi connectivity index (χ2v) is 5.89. The van der Waals surface area contributed by atoms with Gasteiger partial charge in [0.2, 0.25) is 5.91 Å². The third kappa shape index (κ3) is 4.72. The number of carbonyl (C=O) groups is 1. The summed E-state index contributed by atoms with van der Waals surface area (Å²) in [6.45, 7) is 6.12. The van der Waals surface area contributed by atoms with E-state index in [9.17, 15) is 13.6 Å². The SMILES string of the molecule is CC[C@@H](c1ccc(F)cc1F)N1CCN(CCC(=O)NC)CC1. The average molecular weight is 325 g/mol. The number of rotatable bonds is 6. The molecule has 1 atom stereocenters. The van der Waals surface area contributed by atoms with Crippen molar-refractivity contribution in [1.82, 2.24) is 15.1 Å². The summed E-state index contributed by atoms with van der Waals surface area (Å²) in [5.41, 5.74) is 0.563. The van der Waals surface area contributed by atoms with Crippen molar-refractivity contribution in [3.8, 4) is 0 Å². The summed E-state index contributed by atoms with van der Waals surface area (Å²) in [5, 5.41) is 2.62. The Morgan fingerprint density at radius 2 is 1.96 bits per heavy atom. The molecule has 23 heavy (non-hydrogen) atoms. The number of hydrogen-bond acceptors (Lipinski definition) is 3. The monoisotopic (exact) mass is 325 g/mol. The van der Waals surface area contributed by atoms with Crippen LogP contribution in [0.2, 0.25) is 0 Å². The van der Waals surface area contributed by atoms with Gasteiger partial charge in [-0.1, -0.05) is 13.0 Å². The summed E-state index contributed by atoms with van der Waals surface area (Å²) in [6, 6.07) is 3.80. The number of halogens is 2. The molecule has 1 aliphatic rings. The molecule has 0 spiro atoms. The van der Waals surface area contributed by atoms with Gasteiger partial charge in [-0.2, -0.15) is 0 Å². The van der Waals surface area contributed by atoms with Crippen molar-refractivity contribution >= 4 is 5.91 Å². The summed E-state index contributed by atoms with van der Waals surface area (Å²) in [6.07, 6.45) is 1.28. The van der Waals surface area contributed by atoms with E-state index in [1.165, 1.54) is 6.07 Å². The van der Waals surface area contributed by atoms with Crippen LogP contribution in [0.5, 0.6) is 0 Å². The van der Waals surface area contributed by atoms with Crippen molar-refractivity contribution in [3.63, 3.8) is 0 Å². The van der Waals surface area contributed by atoms with Gasteiger partial charge in [0, 0.05) is 63.9 Å². The van der Waals surface area contributed by atoms with Gasteiger partial charge >= 0.3 is 0 Å². The molecular formula is C17H25F2N3O. The van der Waals surface area contributed by atoms with Gasteiger partial charge in [0.05, 0.1) is 0 Å². The van der Waals surface area contributed by atoms with E-state index in [1.807, 2.05) is 6.92 Å². The highest BCUT2D eigenvalue weighted by molar-refractivity contribution is 5.75. The first-order valence-corrected chi connectivity index (χ1v) is 8.17. The zero-order valence-electron chi connectivity index (χ0n) is 13.8. The number of amides is 1. The van der Waals surface area contributed by atoms with Gasteiger partial charge in [-0.15, -0.1) is 0 Å². The molecule has 1 saturated heterocycles. The zero-order chi connectivity index (χ0) is 16.8.